The highest BCUT2D eigenvalue weighted by molar-refractivity contribution is 6.10. The molecule has 0 N–H and O–H groups in total. The van der Waals surface area contributed by atoms with Crippen LogP contribution in [0.1, 0.15) is 25.0 Å². The number of rotatable bonds is 6. The molecule has 0 spiro atoms. The van der Waals surface area contributed by atoms with Gasteiger partial charge < -0.3 is 9.47 Å². The number of fused-ring (bicyclic) bond motifs is 6. The summed E-state index contributed by atoms with van der Waals surface area (Å²) in [5.74, 6) is 0. The summed E-state index contributed by atoms with van der Waals surface area (Å²) >= 11 is 0. The molecule has 2 heterocycles. The van der Waals surface area contributed by atoms with Crippen molar-refractivity contribution in [3.05, 3.63) is 199 Å². The molecule has 0 saturated heterocycles. The second-order valence-corrected chi connectivity index (χ2v) is 14.5. The number of nitrogens with zero attached hydrogens (tertiary/aromatic N) is 3. The summed E-state index contributed by atoms with van der Waals surface area (Å²) in [6.45, 7) is 4.70. The first-order chi connectivity index (χ1) is 26.0. The van der Waals surface area contributed by atoms with Gasteiger partial charge in [-0.25, -0.2) is 0 Å². The number of anilines is 3. The molecule has 3 heteroatoms. The molecule has 1 aliphatic rings. The number of hydrogen-bond donors (Lipinski definition) is 0. The lowest BCUT2D eigenvalue weighted by Gasteiger charge is -2.28. The van der Waals surface area contributed by atoms with E-state index in [1.54, 1.807) is 0 Å². The highest BCUT2D eigenvalue weighted by Crippen LogP contribution is 2.51. The SMILES string of the molecule is CC1(C)c2ccccc2-c2ccc(N(c3ccc(-c4ccccc4)cc3)c3cccc(-c4ccc5c(c4)c4ccccc4n5-c4ccncc4)c3)cc21. The molecule has 0 unspecified atom stereocenters. The molecule has 2 aromatic heterocycles. The molecular formula is C50H37N3. The summed E-state index contributed by atoms with van der Waals surface area (Å²) in [5.41, 5.74) is 16.9. The lowest BCUT2D eigenvalue weighted by molar-refractivity contribution is 0.660. The van der Waals surface area contributed by atoms with Crippen LogP contribution in [0, 0.1) is 0 Å². The minimum atomic E-state index is -0.0997. The summed E-state index contributed by atoms with van der Waals surface area (Å²) in [5, 5.41) is 2.47. The second-order valence-electron chi connectivity index (χ2n) is 14.5. The van der Waals surface area contributed by atoms with E-state index in [1.165, 1.54) is 66.3 Å². The van der Waals surface area contributed by atoms with E-state index in [1.807, 2.05) is 12.4 Å². The van der Waals surface area contributed by atoms with Crippen molar-refractivity contribution in [1.82, 2.24) is 9.55 Å². The van der Waals surface area contributed by atoms with E-state index in [9.17, 15) is 0 Å². The molecule has 1 aliphatic carbocycles. The van der Waals surface area contributed by atoms with Crippen LogP contribution in [0.5, 0.6) is 0 Å². The Morgan fingerprint density at radius 3 is 1.91 bits per heavy atom. The molecule has 9 aromatic rings. The zero-order valence-electron chi connectivity index (χ0n) is 29.7. The average Bonchev–Trinajstić information content (AvgIpc) is 3.67. The summed E-state index contributed by atoms with van der Waals surface area (Å²) in [6.07, 6.45) is 3.72. The predicted octanol–water partition coefficient (Wildman–Crippen LogP) is 13.3. The summed E-state index contributed by atoms with van der Waals surface area (Å²) in [4.78, 5) is 6.68. The largest absolute Gasteiger partial charge is 0.310 e. The molecule has 7 aromatic carbocycles. The number of benzene rings is 7. The quantitative estimate of drug-likeness (QED) is 0.174. The molecule has 3 nitrogen and oxygen atoms in total. The maximum atomic E-state index is 4.27. The molecule has 0 fully saturated rings. The van der Waals surface area contributed by atoms with Crippen LogP contribution in [0.2, 0.25) is 0 Å². The van der Waals surface area contributed by atoms with Crippen LogP contribution < -0.4 is 4.90 Å². The maximum Gasteiger partial charge on any atom is 0.0541 e. The molecule has 10 rings (SSSR count). The van der Waals surface area contributed by atoms with Crippen LogP contribution in [0.15, 0.2) is 188 Å². The van der Waals surface area contributed by atoms with Gasteiger partial charge in [0.25, 0.3) is 0 Å². The van der Waals surface area contributed by atoms with Crippen LogP contribution >= 0.6 is 0 Å². The van der Waals surface area contributed by atoms with E-state index in [4.69, 9.17) is 0 Å². The topological polar surface area (TPSA) is 21.1 Å². The van der Waals surface area contributed by atoms with Crippen LogP contribution in [0.25, 0.3) is 60.9 Å². The summed E-state index contributed by atoms with van der Waals surface area (Å²) in [6, 6.07) is 64.1. The summed E-state index contributed by atoms with van der Waals surface area (Å²) < 4.78 is 2.33. The van der Waals surface area contributed by atoms with E-state index < -0.39 is 0 Å². The van der Waals surface area contributed by atoms with Gasteiger partial charge in [0.2, 0.25) is 0 Å². The van der Waals surface area contributed by atoms with Crippen molar-refractivity contribution in [2.75, 3.05) is 4.90 Å². The number of aromatic nitrogens is 2. The third kappa shape index (κ3) is 5.08. The van der Waals surface area contributed by atoms with E-state index >= 15 is 0 Å². The standard InChI is InChI=1S/C50H37N3/c1-50(2)46-17-8-6-15-42(46)43-25-24-41(33-47(43)50)52(38-22-19-35(20-23-38)34-11-4-3-5-12-34)40-14-10-13-36(31-40)37-21-26-49-45(32-37)44-16-7-9-18-48(44)53(49)39-27-29-51-30-28-39/h3-33H,1-2H3. The number of hydrogen-bond acceptors (Lipinski definition) is 2. The molecule has 0 radical (unpaired) electrons. The molecule has 0 saturated carbocycles. The monoisotopic (exact) mass is 679 g/mol. The molecular weight excluding hydrogens is 643 g/mol. The Morgan fingerprint density at radius 1 is 0.434 bits per heavy atom. The maximum absolute atomic E-state index is 4.27. The van der Waals surface area contributed by atoms with E-state index in [0.717, 1.165) is 22.7 Å². The Kier molecular flexibility index (Phi) is 7.16. The van der Waals surface area contributed by atoms with Crippen molar-refractivity contribution >= 4 is 38.9 Å². The second kappa shape index (κ2) is 12.2. The van der Waals surface area contributed by atoms with Gasteiger partial charge in [-0.05, 0) is 111 Å². The third-order valence-electron chi connectivity index (χ3n) is 11.1. The Bertz CT molecular complexity index is 2790. The zero-order chi connectivity index (χ0) is 35.5. The number of pyridine rings is 1. The van der Waals surface area contributed by atoms with E-state index in [-0.39, 0.29) is 5.41 Å². The smallest absolute Gasteiger partial charge is 0.0541 e. The van der Waals surface area contributed by atoms with Crippen LogP contribution in [-0.4, -0.2) is 9.55 Å². The van der Waals surface area contributed by atoms with Gasteiger partial charge in [0.15, 0.2) is 0 Å². The fourth-order valence-electron chi connectivity index (χ4n) is 8.46. The van der Waals surface area contributed by atoms with Crippen molar-refractivity contribution in [3.63, 3.8) is 0 Å². The van der Waals surface area contributed by atoms with E-state index in [0.29, 0.717) is 0 Å². The molecule has 0 bridgehead atoms. The van der Waals surface area contributed by atoms with Crippen molar-refractivity contribution in [3.8, 4) is 39.1 Å². The van der Waals surface area contributed by atoms with Gasteiger partial charge in [0.05, 0.1) is 11.0 Å². The zero-order valence-corrected chi connectivity index (χ0v) is 29.7. The van der Waals surface area contributed by atoms with Gasteiger partial charge in [-0.2, -0.15) is 0 Å². The highest BCUT2D eigenvalue weighted by atomic mass is 15.1. The van der Waals surface area contributed by atoms with Gasteiger partial charge in [-0.1, -0.05) is 123 Å². The van der Waals surface area contributed by atoms with Crippen molar-refractivity contribution in [1.29, 1.82) is 0 Å². The average molecular weight is 680 g/mol. The van der Waals surface area contributed by atoms with E-state index in [2.05, 4.69) is 204 Å². The van der Waals surface area contributed by atoms with Crippen LogP contribution in [0.4, 0.5) is 17.1 Å². The third-order valence-corrected chi connectivity index (χ3v) is 11.1. The van der Waals surface area contributed by atoms with Gasteiger partial charge in [-0.3, -0.25) is 4.98 Å². The van der Waals surface area contributed by atoms with Gasteiger partial charge in [-0.15, -0.1) is 0 Å². The van der Waals surface area contributed by atoms with Gasteiger partial charge >= 0.3 is 0 Å². The fraction of sp³-hybridized carbons (Fsp3) is 0.0600. The highest BCUT2D eigenvalue weighted by Gasteiger charge is 2.35. The molecule has 0 aliphatic heterocycles. The minimum absolute atomic E-state index is 0.0997. The van der Waals surface area contributed by atoms with Crippen LogP contribution in [0.3, 0.4) is 0 Å². The van der Waals surface area contributed by atoms with Gasteiger partial charge in [0, 0.05) is 51.3 Å². The molecule has 53 heavy (non-hydrogen) atoms. The Labute approximate surface area is 310 Å². The lowest BCUT2D eigenvalue weighted by atomic mass is 9.82. The van der Waals surface area contributed by atoms with Crippen molar-refractivity contribution < 1.29 is 0 Å². The fourth-order valence-corrected chi connectivity index (χ4v) is 8.46. The minimum Gasteiger partial charge on any atom is -0.310 e. The van der Waals surface area contributed by atoms with Crippen LogP contribution in [-0.2, 0) is 5.41 Å². The predicted molar refractivity (Wildman–Crippen MR) is 222 cm³/mol. The van der Waals surface area contributed by atoms with Crippen molar-refractivity contribution in [2.45, 2.75) is 19.3 Å². The normalized spacial score (nSPS) is 12.9. The van der Waals surface area contributed by atoms with Crippen molar-refractivity contribution in [2.24, 2.45) is 0 Å². The molecule has 252 valence electrons. The Balaban J connectivity index is 1.11. The Morgan fingerprint density at radius 2 is 1.06 bits per heavy atom. The summed E-state index contributed by atoms with van der Waals surface area (Å²) in [7, 11) is 0. The lowest BCUT2D eigenvalue weighted by Crippen LogP contribution is -2.16. The molecule has 0 atom stereocenters. The number of para-hydroxylation sites is 1. The molecule has 0 amide bonds. The Hall–Kier alpha value is -6.71. The van der Waals surface area contributed by atoms with Gasteiger partial charge in [0.1, 0.15) is 0 Å². The first kappa shape index (κ1) is 31.1. The first-order valence-corrected chi connectivity index (χ1v) is 18.3. The first-order valence-electron chi connectivity index (χ1n) is 18.3.